The summed E-state index contributed by atoms with van der Waals surface area (Å²) in [6.07, 6.45) is 9.44. The van der Waals surface area contributed by atoms with Crippen LogP contribution in [0, 0.1) is 15.9 Å². The summed E-state index contributed by atoms with van der Waals surface area (Å²) >= 11 is 0. The van der Waals surface area contributed by atoms with Gasteiger partial charge in [-0.3, -0.25) is 10.1 Å². The van der Waals surface area contributed by atoms with Crippen LogP contribution in [0.15, 0.2) is 54.7 Å². The maximum absolute atomic E-state index is 13.5. The van der Waals surface area contributed by atoms with Gasteiger partial charge in [-0.2, -0.15) is 0 Å². The second-order valence-electron chi connectivity index (χ2n) is 4.39. The third kappa shape index (κ3) is 2.83. The first-order chi connectivity index (χ1) is 9.49. The highest BCUT2D eigenvalue weighted by Gasteiger charge is 2.21. The Hall–Kier alpha value is -2.69. The molecule has 0 heterocycles. The van der Waals surface area contributed by atoms with Gasteiger partial charge in [-0.25, -0.2) is 4.39 Å². The van der Waals surface area contributed by atoms with E-state index in [1.165, 1.54) is 0 Å². The molecule has 0 radical (unpaired) electrons. The predicted octanol–water partition coefficient (Wildman–Crippen LogP) is 3.77. The summed E-state index contributed by atoms with van der Waals surface area (Å²) in [6.45, 7) is 3.84. The number of nitro groups is 1. The molecule has 2 N–H and O–H groups in total. The van der Waals surface area contributed by atoms with Gasteiger partial charge in [0.05, 0.1) is 10.5 Å². The Bertz CT molecular complexity index is 673. The summed E-state index contributed by atoms with van der Waals surface area (Å²) in [6, 6.07) is 2.06. The van der Waals surface area contributed by atoms with Crippen LogP contribution in [0.1, 0.15) is 12.0 Å². The van der Waals surface area contributed by atoms with E-state index in [4.69, 9.17) is 5.73 Å². The van der Waals surface area contributed by atoms with Gasteiger partial charge in [0, 0.05) is 6.07 Å². The van der Waals surface area contributed by atoms with Gasteiger partial charge < -0.3 is 5.73 Å². The van der Waals surface area contributed by atoms with Crippen LogP contribution in [0.4, 0.5) is 15.8 Å². The lowest BCUT2D eigenvalue weighted by Crippen LogP contribution is -2.01. The number of hydrogen-bond donors (Lipinski definition) is 1. The average Bonchev–Trinajstić information content (AvgIpc) is 2.32. The summed E-state index contributed by atoms with van der Waals surface area (Å²) in [5.74, 6) is -0.609. The molecule has 20 heavy (non-hydrogen) atoms. The van der Waals surface area contributed by atoms with Crippen molar-refractivity contribution in [3.63, 3.8) is 0 Å². The number of nitrogens with two attached hydrogens (primary N) is 1. The highest BCUT2D eigenvalue weighted by atomic mass is 19.1. The standard InChI is InChI=1S/C15H13FN2O2/c1-10-4-2-3-5-11(7-6-10)13-8-12(16)9-14(17)15(13)18(19)20/h2-3,5-9H,1,4,17H2. The number of rotatable bonds is 2. The molecular formula is C15H13FN2O2. The Morgan fingerprint density at radius 3 is 2.80 bits per heavy atom. The Balaban J connectivity index is 2.64. The number of hydrogen-bond acceptors (Lipinski definition) is 3. The van der Waals surface area contributed by atoms with Crippen molar-refractivity contribution in [2.45, 2.75) is 6.42 Å². The minimum absolute atomic E-state index is 0.156. The molecule has 2 rings (SSSR count). The highest BCUT2D eigenvalue weighted by molar-refractivity contribution is 5.85. The van der Waals surface area contributed by atoms with Gasteiger partial charge in [0.25, 0.3) is 5.69 Å². The SMILES string of the molecule is C=C1C=CC(c2cc(F)cc(N)c2[N+](=O)[O-])=CC=CC1. The van der Waals surface area contributed by atoms with Crippen molar-refractivity contribution in [2.24, 2.45) is 0 Å². The predicted molar refractivity (Wildman–Crippen MR) is 77.5 cm³/mol. The topological polar surface area (TPSA) is 69.2 Å². The van der Waals surface area contributed by atoms with Crippen molar-refractivity contribution in [3.8, 4) is 0 Å². The van der Waals surface area contributed by atoms with Crippen molar-refractivity contribution < 1.29 is 9.31 Å². The van der Waals surface area contributed by atoms with E-state index < -0.39 is 10.7 Å². The molecule has 1 aliphatic carbocycles. The summed E-state index contributed by atoms with van der Waals surface area (Å²) in [5, 5.41) is 11.1. The lowest BCUT2D eigenvalue weighted by molar-refractivity contribution is -0.384. The molecule has 0 amide bonds. The highest BCUT2D eigenvalue weighted by Crippen LogP contribution is 2.34. The number of nitrogen functional groups attached to an aromatic ring is 1. The molecular weight excluding hydrogens is 259 g/mol. The van der Waals surface area contributed by atoms with Crippen LogP contribution in [0.25, 0.3) is 5.57 Å². The summed E-state index contributed by atoms with van der Waals surface area (Å²) in [7, 11) is 0. The lowest BCUT2D eigenvalue weighted by Gasteiger charge is -2.08. The summed E-state index contributed by atoms with van der Waals surface area (Å²) < 4.78 is 13.5. The maximum Gasteiger partial charge on any atom is 0.300 e. The van der Waals surface area contributed by atoms with Crippen molar-refractivity contribution >= 4 is 16.9 Å². The maximum atomic E-state index is 13.5. The monoisotopic (exact) mass is 272 g/mol. The first-order valence-corrected chi connectivity index (χ1v) is 5.95. The first-order valence-electron chi connectivity index (χ1n) is 5.95. The summed E-state index contributed by atoms with van der Waals surface area (Å²) in [5.41, 5.74) is 6.61. The molecule has 1 aliphatic rings. The smallest absolute Gasteiger partial charge is 0.300 e. The first kappa shape index (κ1) is 13.7. The van der Waals surface area contributed by atoms with E-state index in [-0.39, 0.29) is 16.9 Å². The van der Waals surface area contributed by atoms with E-state index in [0.29, 0.717) is 12.0 Å². The molecule has 0 saturated heterocycles. The van der Waals surface area contributed by atoms with Gasteiger partial charge in [0.2, 0.25) is 0 Å². The van der Waals surface area contributed by atoms with Gasteiger partial charge in [-0.1, -0.05) is 42.5 Å². The Labute approximate surface area is 115 Å². The molecule has 0 aliphatic heterocycles. The van der Waals surface area contributed by atoms with E-state index in [0.717, 1.165) is 17.7 Å². The molecule has 1 aromatic carbocycles. The van der Waals surface area contributed by atoms with E-state index >= 15 is 0 Å². The van der Waals surface area contributed by atoms with Crippen molar-refractivity contribution in [1.29, 1.82) is 0 Å². The fourth-order valence-electron chi connectivity index (χ4n) is 1.95. The number of benzene rings is 1. The Morgan fingerprint density at radius 1 is 1.35 bits per heavy atom. The number of nitro benzene ring substituents is 1. The van der Waals surface area contributed by atoms with Crippen LogP contribution in [-0.2, 0) is 0 Å². The van der Waals surface area contributed by atoms with Gasteiger partial charge >= 0.3 is 0 Å². The van der Waals surface area contributed by atoms with Crippen LogP contribution >= 0.6 is 0 Å². The minimum Gasteiger partial charge on any atom is -0.393 e. The second-order valence-corrected chi connectivity index (χ2v) is 4.39. The molecule has 0 atom stereocenters. The largest absolute Gasteiger partial charge is 0.393 e. The fraction of sp³-hybridized carbons (Fsp3) is 0.0667. The number of nitrogens with zero attached hydrogens (tertiary/aromatic N) is 1. The van der Waals surface area contributed by atoms with Crippen LogP contribution in [0.3, 0.4) is 0 Å². The molecule has 0 unspecified atom stereocenters. The van der Waals surface area contributed by atoms with Gasteiger partial charge in [-0.15, -0.1) is 0 Å². The van der Waals surface area contributed by atoms with E-state index in [9.17, 15) is 14.5 Å². The lowest BCUT2D eigenvalue weighted by atomic mass is 9.99. The Morgan fingerprint density at radius 2 is 2.10 bits per heavy atom. The van der Waals surface area contributed by atoms with E-state index in [1.807, 2.05) is 6.08 Å². The Kier molecular flexibility index (Phi) is 3.79. The third-order valence-electron chi connectivity index (χ3n) is 2.89. The quantitative estimate of drug-likeness (QED) is 0.506. The molecule has 0 fully saturated rings. The molecule has 0 spiro atoms. The van der Waals surface area contributed by atoms with Crippen LogP contribution < -0.4 is 5.73 Å². The minimum atomic E-state index is -0.609. The molecule has 4 nitrogen and oxygen atoms in total. The van der Waals surface area contributed by atoms with Crippen molar-refractivity contribution in [3.05, 3.63) is 76.2 Å². The third-order valence-corrected chi connectivity index (χ3v) is 2.89. The molecule has 0 saturated carbocycles. The number of anilines is 1. The van der Waals surface area contributed by atoms with Crippen LogP contribution in [0.2, 0.25) is 0 Å². The molecule has 1 aromatic rings. The zero-order valence-corrected chi connectivity index (χ0v) is 10.7. The molecule has 102 valence electrons. The fourth-order valence-corrected chi connectivity index (χ4v) is 1.95. The molecule has 5 heteroatoms. The molecule has 0 aromatic heterocycles. The zero-order valence-electron chi connectivity index (χ0n) is 10.7. The van der Waals surface area contributed by atoms with Crippen LogP contribution in [0.5, 0.6) is 0 Å². The number of allylic oxidation sites excluding steroid dienone is 7. The van der Waals surface area contributed by atoms with E-state index in [2.05, 4.69) is 6.58 Å². The molecule has 0 bridgehead atoms. The van der Waals surface area contributed by atoms with Gasteiger partial charge in [0.1, 0.15) is 11.5 Å². The van der Waals surface area contributed by atoms with Crippen molar-refractivity contribution in [2.75, 3.05) is 5.73 Å². The zero-order chi connectivity index (χ0) is 14.7. The second kappa shape index (κ2) is 5.52. The van der Waals surface area contributed by atoms with Gasteiger partial charge in [0.15, 0.2) is 0 Å². The van der Waals surface area contributed by atoms with Crippen molar-refractivity contribution in [1.82, 2.24) is 0 Å². The van der Waals surface area contributed by atoms with Crippen LogP contribution in [-0.4, -0.2) is 4.92 Å². The average molecular weight is 272 g/mol. The van der Waals surface area contributed by atoms with Gasteiger partial charge in [-0.05, 0) is 18.1 Å². The summed E-state index contributed by atoms with van der Waals surface area (Å²) in [4.78, 5) is 10.5. The number of halogens is 1. The van der Waals surface area contributed by atoms with E-state index in [1.54, 1.807) is 24.3 Å². The normalized spacial score (nSPS) is 14.7.